The molecule has 0 spiro atoms. The van der Waals surface area contributed by atoms with Gasteiger partial charge in [-0.2, -0.15) is 0 Å². The molecule has 33 heavy (non-hydrogen) atoms. The molecule has 1 aliphatic rings. The van der Waals surface area contributed by atoms with Crippen molar-refractivity contribution < 1.29 is 33.6 Å². The largest absolute Gasteiger partial charge is 0.507 e. The fourth-order valence-electron chi connectivity index (χ4n) is 3.87. The summed E-state index contributed by atoms with van der Waals surface area (Å²) in [6, 6.07) is 11.1. The lowest BCUT2D eigenvalue weighted by molar-refractivity contribution is -0.140. The van der Waals surface area contributed by atoms with Gasteiger partial charge in [-0.1, -0.05) is 6.07 Å². The fourth-order valence-corrected chi connectivity index (χ4v) is 3.87. The summed E-state index contributed by atoms with van der Waals surface area (Å²) in [6.07, 6.45) is 0.538. The van der Waals surface area contributed by atoms with Crippen LogP contribution >= 0.6 is 0 Å². The molecule has 1 N–H and O–H groups in total. The molecule has 2 aromatic carbocycles. The maximum absolute atomic E-state index is 13.1. The van der Waals surface area contributed by atoms with Crippen LogP contribution in [0.2, 0.25) is 0 Å². The standard InChI is InChI=1S/C25H29NO7/c1-5-33-19-12-9-17(15-20(19)32-4)22-21(23(27)16-7-10-18(31-3)11-8-16)24(28)25(29)26(22)13-6-14-30-2/h7-12,15,22,27H,5-6,13-14H2,1-4H3/b23-21+/t22-/m0/s1. The Hall–Kier alpha value is -3.52. The Labute approximate surface area is 193 Å². The van der Waals surface area contributed by atoms with Gasteiger partial charge in [-0.05, 0) is 55.3 Å². The number of benzene rings is 2. The summed E-state index contributed by atoms with van der Waals surface area (Å²) in [5, 5.41) is 11.1. The van der Waals surface area contributed by atoms with Crippen LogP contribution in [0.3, 0.4) is 0 Å². The minimum absolute atomic E-state index is 0.0220. The molecule has 0 radical (unpaired) electrons. The zero-order chi connectivity index (χ0) is 24.0. The number of ketones is 1. The molecular weight excluding hydrogens is 426 g/mol. The molecule has 1 heterocycles. The maximum Gasteiger partial charge on any atom is 0.295 e. The Bertz CT molecular complexity index is 1030. The van der Waals surface area contributed by atoms with E-state index in [1.54, 1.807) is 56.7 Å². The third-order valence-corrected chi connectivity index (χ3v) is 5.45. The number of methoxy groups -OCH3 is 3. The molecular formula is C25H29NO7. The molecule has 0 unspecified atom stereocenters. The molecule has 8 nitrogen and oxygen atoms in total. The van der Waals surface area contributed by atoms with Gasteiger partial charge in [-0.25, -0.2) is 0 Å². The number of rotatable bonds is 10. The molecule has 1 aliphatic heterocycles. The van der Waals surface area contributed by atoms with Gasteiger partial charge in [-0.3, -0.25) is 9.59 Å². The fraction of sp³-hybridized carbons (Fsp3) is 0.360. The second kappa shape index (κ2) is 10.9. The van der Waals surface area contributed by atoms with Gasteiger partial charge in [0.15, 0.2) is 11.5 Å². The van der Waals surface area contributed by atoms with Gasteiger partial charge in [0.05, 0.1) is 32.4 Å². The average molecular weight is 456 g/mol. The van der Waals surface area contributed by atoms with Gasteiger partial charge in [-0.15, -0.1) is 0 Å². The molecule has 0 aliphatic carbocycles. The first kappa shape index (κ1) is 24.1. The summed E-state index contributed by atoms with van der Waals surface area (Å²) in [6.45, 7) is 3.05. The molecule has 176 valence electrons. The van der Waals surface area contributed by atoms with E-state index < -0.39 is 17.7 Å². The third kappa shape index (κ3) is 4.96. The first-order chi connectivity index (χ1) is 16.0. The van der Waals surface area contributed by atoms with Crippen molar-refractivity contribution in [2.45, 2.75) is 19.4 Å². The smallest absolute Gasteiger partial charge is 0.295 e. The van der Waals surface area contributed by atoms with Crippen molar-refractivity contribution in [2.75, 3.05) is 41.1 Å². The molecule has 0 saturated carbocycles. The Kier molecular flexibility index (Phi) is 7.95. The lowest BCUT2D eigenvalue weighted by atomic mass is 9.95. The molecule has 0 bridgehead atoms. The Morgan fingerprint density at radius 3 is 2.33 bits per heavy atom. The number of aliphatic hydroxyl groups excluding tert-OH is 1. The maximum atomic E-state index is 13.1. The topological polar surface area (TPSA) is 94.5 Å². The van der Waals surface area contributed by atoms with E-state index in [9.17, 15) is 14.7 Å². The molecule has 1 saturated heterocycles. The molecule has 3 rings (SSSR count). The predicted octanol–water partition coefficient (Wildman–Crippen LogP) is 3.56. The van der Waals surface area contributed by atoms with Gasteiger partial charge in [0.1, 0.15) is 11.5 Å². The Morgan fingerprint density at radius 1 is 1.00 bits per heavy atom. The number of Topliss-reactive ketones (excluding diaryl/α,β-unsaturated/α-hetero) is 1. The van der Waals surface area contributed by atoms with Crippen LogP contribution in [0.15, 0.2) is 48.0 Å². The highest BCUT2D eigenvalue weighted by Gasteiger charge is 2.46. The van der Waals surface area contributed by atoms with Crippen LogP contribution in [0, 0.1) is 0 Å². The van der Waals surface area contributed by atoms with E-state index in [1.807, 2.05) is 6.92 Å². The van der Waals surface area contributed by atoms with Crippen molar-refractivity contribution in [3.05, 3.63) is 59.2 Å². The van der Waals surface area contributed by atoms with E-state index in [0.717, 1.165) is 0 Å². The highest BCUT2D eigenvalue weighted by molar-refractivity contribution is 6.46. The normalized spacial score (nSPS) is 17.3. The first-order valence-corrected chi connectivity index (χ1v) is 10.7. The molecule has 8 heteroatoms. The van der Waals surface area contributed by atoms with Gasteiger partial charge in [0.25, 0.3) is 11.7 Å². The number of aliphatic hydroxyl groups is 1. The van der Waals surface area contributed by atoms with Gasteiger partial charge >= 0.3 is 0 Å². The Balaban J connectivity index is 2.13. The number of nitrogens with zero attached hydrogens (tertiary/aromatic N) is 1. The summed E-state index contributed by atoms with van der Waals surface area (Å²) in [7, 11) is 4.64. The van der Waals surface area contributed by atoms with Gasteiger partial charge in [0, 0.05) is 25.8 Å². The van der Waals surface area contributed by atoms with Gasteiger partial charge < -0.3 is 29.0 Å². The van der Waals surface area contributed by atoms with Crippen LogP contribution in [-0.4, -0.2) is 62.8 Å². The first-order valence-electron chi connectivity index (χ1n) is 10.7. The summed E-state index contributed by atoms with van der Waals surface area (Å²) in [4.78, 5) is 27.5. The van der Waals surface area contributed by atoms with E-state index in [0.29, 0.717) is 48.0 Å². The number of amides is 1. The second-order valence-corrected chi connectivity index (χ2v) is 7.41. The van der Waals surface area contributed by atoms with Crippen LogP contribution in [0.1, 0.15) is 30.5 Å². The summed E-state index contributed by atoms with van der Waals surface area (Å²) in [5.41, 5.74) is 1.06. The van der Waals surface area contributed by atoms with Crippen molar-refractivity contribution >= 4 is 17.4 Å². The number of ether oxygens (including phenoxy) is 4. The highest BCUT2D eigenvalue weighted by Crippen LogP contribution is 2.42. The van der Waals surface area contributed by atoms with E-state index in [2.05, 4.69) is 0 Å². The molecule has 2 aromatic rings. The molecule has 1 atom stereocenters. The molecule has 0 aromatic heterocycles. The van der Waals surface area contributed by atoms with E-state index >= 15 is 0 Å². The molecule has 1 fully saturated rings. The average Bonchev–Trinajstić information content (AvgIpc) is 3.09. The van der Waals surface area contributed by atoms with Crippen molar-refractivity contribution in [2.24, 2.45) is 0 Å². The van der Waals surface area contributed by atoms with Gasteiger partial charge in [0.2, 0.25) is 0 Å². The van der Waals surface area contributed by atoms with E-state index in [1.165, 1.54) is 12.0 Å². The van der Waals surface area contributed by atoms with Crippen molar-refractivity contribution in [3.8, 4) is 17.2 Å². The lowest BCUT2D eigenvalue weighted by Crippen LogP contribution is -2.31. The van der Waals surface area contributed by atoms with E-state index in [4.69, 9.17) is 18.9 Å². The lowest BCUT2D eigenvalue weighted by Gasteiger charge is -2.26. The van der Waals surface area contributed by atoms with Crippen molar-refractivity contribution in [1.29, 1.82) is 0 Å². The number of hydrogen-bond donors (Lipinski definition) is 1. The predicted molar refractivity (Wildman–Crippen MR) is 123 cm³/mol. The van der Waals surface area contributed by atoms with Crippen LogP contribution in [0.5, 0.6) is 17.2 Å². The summed E-state index contributed by atoms with van der Waals surface area (Å²) >= 11 is 0. The van der Waals surface area contributed by atoms with Crippen LogP contribution in [0.4, 0.5) is 0 Å². The van der Waals surface area contributed by atoms with Crippen molar-refractivity contribution in [1.82, 2.24) is 4.90 Å². The van der Waals surface area contributed by atoms with E-state index in [-0.39, 0.29) is 17.9 Å². The minimum atomic E-state index is -0.784. The zero-order valence-corrected chi connectivity index (χ0v) is 19.3. The number of carbonyl (C=O) groups excluding carboxylic acids is 2. The summed E-state index contributed by atoms with van der Waals surface area (Å²) < 4.78 is 21.3. The highest BCUT2D eigenvalue weighted by atomic mass is 16.5. The SMILES string of the molecule is CCOc1ccc([C@H]2/C(=C(\O)c3ccc(OC)cc3)C(=O)C(=O)N2CCCOC)cc1OC. The minimum Gasteiger partial charge on any atom is -0.507 e. The summed E-state index contributed by atoms with van der Waals surface area (Å²) in [5.74, 6) is -0.0171. The molecule has 1 amide bonds. The van der Waals surface area contributed by atoms with Crippen LogP contribution in [0.25, 0.3) is 5.76 Å². The number of carbonyl (C=O) groups is 2. The third-order valence-electron chi connectivity index (χ3n) is 5.45. The Morgan fingerprint density at radius 2 is 1.73 bits per heavy atom. The number of hydrogen-bond acceptors (Lipinski definition) is 7. The quantitative estimate of drug-likeness (QED) is 0.253. The second-order valence-electron chi connectivity index (χ2n) is 7.41. The monoisotopic (exact) mass is 455 g/mol. The zero-order valence-electron chi connectivity index (χ0n) is 19.3. The van der Waals surface area contributed by atoms with Crippen molar-refractivity contribution in [3.63, 3.8) is 0 Å². The van der Waals surface area contributed by atoms with Crippen LogP contribution < -0.4 is 14.2 Å². The van der Waals surface area contributed by atoms with Crippen LogP contribution in [-0.2, 0) is 14.3 Å². The number of likely N-dealkylation sites (tertiary alicyclic amines) is 1.